The van der Waals surface area contributed by atoms with Crippen LogP contribution < -0.4 is 15.4 Å². The van der Waals surface area contributed by atoms with Crippen LogP contribution in [0.5, 0.6) is 5.75 Å². The molecule has 2 rings (SSSR count). The molecule has 0 aliphatic carbocycles. The summed E-state index contributed by atoms with van der Waals surface area (Å²) in [5, 5.41) is 5.92. The van der Waals surface area contributed by atoms with Crippen LogP contribution in [0.4, 0.5) is 4.39 Å². The molecule has 0 aliphatic rings. The Morgan fingerprint density at radius 3 is 2.48 bits per heavy atom. The number of rotatable bonds is 8. The molecule has 2 aromatic rings. The topological polar surface area (TPSA) is 50.4 Å². The highest BCUT2D eigenvalue weighted by Gasteiger charge is 2.05. The van der Waals surface area contributed by atoms with E-state index < -0.39 is 0 Å². The Labute approximate surface area is 135 Å². The summed E-state index contributed by atoms with van der Waals surface area (Å²) in [6.45, 7) is 1.38. The predicted molar refractivity (Wildman–Crippen MR) is 87.6 cm³/mol. The molecule has 0 atom stereocenters. The SMILES string of the molecule is COc1ccccc1CNCCC(=O)NCc1ccccc1F. The van der Waals surface area contributed by atoms with Gasteiger partial charge in [-0.3, -0.25) is 4.79 Å². The Morgan fingerprint density at radius 1 is 1.04 bits per heavy atom. The van der Waals surface area contributed by atoms with Gasteiger partial charge in [0.25, 0.3) is 0 Å². The summed E-state index contributed by atoms with van der Waals surface area (Å²) in [6.07, 6.45) is 0.337. The van der Waals surface area contributed by atoms with Crippen LogP contribution in [0.1, 0.15) is 17.5 Å². The molecule has 0 saturated heterocycles. The molecule has 4 nitrogen and oxygen atoms in total. The molecule has 122 valence electrons. The van der Waals surface area contributed by atoms with E-state index in [2.05, 4.69) is 10.6 Å². The van der Waals surface area contributed by atoms with Gasteiger partial charge in [-0.1, -0.05) is 36.4 Å². The fourth-order valence-corrected chi connectivity index (χ4v) is 2.20. The second-order valence-electron chi connectivity index (χ2n) is 5.11. The van der Waals surface area contributed by atoms with Crippen LogP contribution in [0.3, 0.4) is 0 Å². The van der Waals surface area contributed by atoms with Crippen molar-refractivity contribution in [3.05, 3.63) is 65.5 Å². The summed E-state index contributed by atoms with van der Waals surface area (Å²) in [5.41, 5.74) is 1.53. The fourth-order valence-electron chi connectivity index (χ4n) is 2.20. The van der Waals surface area contributed by atoms with Gasteiger partial charge in [-0.05, 0) is 12.1 Å². The Bertz CT molecular complexity index is 646. The Hall–Kier alpha value is -2.40. The molecule has 2 aromatic carbocycles. The number of carbonyl (C=O) groups excluding carboxylic acids is 1. The molecule has 0 saturated carbocycles. The first-order chi connectivity index (χ1) is 11.2. The zero-order chi connectivity index (χ0) is 16.5. The van der Waals surface area contributed by atoms with Gasteiger partial charge in [-0.25, -0.2) is 4.39 Å². The normalized spacial score (nSPS) is 10.3. The van der Waals surface area contributed by atoms with Crippen molar-refractivity contribution in [2.75, 3.05) is 13.7 Å². The lowest BCUT2D eigenvalue weighted by atomic mass is 10.2. The zero-order valence-corrected chi connectivity index (χ0v) is 13.1. The van der Waals surface area contributed by atoms with Crippen molar-refractivity contribution in [3.63, 3.8) is 0 Å². The lowest BCUT2D eigenvalue weighted by Crippen LogP contribution is -2.27. The molecule has 2 N–H and O–H groups in total. The molecule has 0 radical (unpaired) electrons. The van der Waals surface area contributed by atoms with Gasteiger partial charge < -0.3 is 15.4 Å². The lowest BCUT2D eigenvalue weighted by Gasteiger charge is -2.10. The van der Waals surface area contributed by atoms with E-state index in [0.717, 1.165) is 11.3 Å². The molecule has 0 bridgehead atoms. The van der Waals surface area contributed by atoms with Crippen LogP contribution in [0.15, 0.2) is 48.5 Å². The van der Waals surface area contributed by atoms with Gasteiger partial charge >= 0.3 is 0 Å². The summed E-state index contributed by atoms with van der Waals surface area (Å²) < 4.78 is 18.7. The van der Waals surface area contributed by atoms with E-state index in [-0.39, 0.29) is 18.3 Å². The molecular weight excluding hydrogens is 295 g/mol. The second kappa shape index (κ2) is 8.90. The zero-order valence-electron chi connectivity index (χ0n) is 13.1. The van der Waals surface area contributed by atoms with Crippen molar-refractivity contribution in [2.24, 2.45) is 0 Å². The number of benzene rings is 2. The minimum Gasteiger partial charge on any atom is -0.496 e. The van der Waals surface area contributed by atoms with Gasteiger partial charge in [0.15, 0.2) is 0 Å². The molecule has 0 fully saturated rings. The monoisotopic (exact) mass is 316 g/mol. The van der Waals surface area contributed by atoms with E-state index in [1.54, 1.807) is 25.3 Å². The maximum Gasteiger partial charge on any atom is 0.221 e. The molecular formula is C18H21FN2O2. The first kappa shape index (κ1) is 17.0. The summed E-state index contributed by atoms with van der Waals surface area (Å²) in [4.78, 5) is 11.8. The number of para-hydroxylation sites is 1. The van der Waals surface area contributed by atoms with Crippen LogP contribution in [0, 0.1) is 5.82 Å². The van der Waals surface area contributed by atoms with E-state index in [4.69, 9.17) is 4.74 Å². The Morgan fingerprint density at radius 2 is 1.74 bits per heavy atom. The quantitative estimate of drug-likeness (QED) is 0.736. The van der Waals surface area contributed by atoms with E-state index in [1.807, 2.05) is 24.3 Å². The lowest BCUT2D eigenvalue weighted by molar-refractivity contribution is -0.121. The van der Waals surface area contributed by atoms with E-state index in [0.29, 0.717) is 25.1 Å². The van der Waals surface area contributed by atoms with E-state index in [1.165, 1.54) is 6.07 Å². The van der Waals surface area contributed by atoms with Gasteiger partial charge in [-0.2, -0.15) is 0 Å². The summed E-state index contributed by atoms with van der Waals surface area (Å²) in [7, 11) is 1.63. The van der Waals surface area contributed by atoms with E-state index in [9.17, 15) is 9.18 Å². The second-order valence-corrected chi connectivity index (χ2v) is 5.11. The average Bonchev–Trinajstić information content (AvgIpc) is 2.58. The van der Waals surface area contributed by atoms with Gasteiger partial charge in [0, 0.05) is 37.2 Å². The van der Waals surface area contributed by atoms with Crippen molar-refractivity contribution >= 4 is 5.91 Å². The summed E-state index contributed by atoms with van der Waals surface area (Å²) in [5.74, 6) is 0.409. The number of ether oxygens (including phenoxy) is 1. The van der Waals surface area contributed by atoms with Crippen LogP contribution in [-0.2, 0) is 17.9 Å². The van der Waals surface area contributed by atoms with Crippen LogP contribution in [0.2, 0.25) is 0 Å². The number of amides is 1. The standard InChI is InChI=1S/C18H21FN2O2/c1-23-17-9-5-3-7-15(17)12-20-11-10-18(22)21-13-14-6-2-4-8-16(14)19/h2-9,20H,10-13H2,1H3,(H,21,22). The molecule has 0 aliphatic heterocycles. The van der Waals surface area contributed by atoms with Crippen LogP contribution in [-0.4, -0.2) is 19.6 Å². The largest absolute Gasteiger partial charge is 0.496 e. The van der Waals surface area contributed by atoms with Crippen molar-refractivity contribution in [3.8, 4) is 5.75 Å². The van der Waals surface area contributed by atoms with E-state index >= 15 is 0 Å². The predicted octanol–water partition coefficient (Wildman–Crippen LogP) is 2.63. The first-order valence-electron chi connectivity index (χ1n) is 7.53. The molecule has 0 heterocycles. The highest BCUT2D eigenvalue weighted by Crippen LogP contribution is 2.16. The Balaban J connectivity index is 1.68. The summed E-state index contributed by atoms with van der Waals surface area (Å²) >= 11 is 0. The molecule has 5 heteroatoms. The van der Waals surface area contributed by atoms with Gasteiger partial charge in [0.2, 0.25) is 5.91 Å². The fraction of sp³-hybridized carbons (Fsp3) is 0.278. The molecule has 23 heavy (non-hydrogen) atoms. The minimum absolute atomic E-state index is 0.110. The van der Waals surface area contributed by atoms with Gasteiger partial charge in [0.05, 0.1) is 7.11 Å². The van der Waals surface area contributed by atoms with Crippen LogP contribution >= 0.6 is 0 Å². The number of carbonyl (C=O) groups is 1. The number of hydrogen-bond donors (Lipinski definition) is 2. The van der Waals surface area contributed by atoms with Gasteiger partial charge in [0.1, 0.15) is 11.6 Å². The molecule has 0 unspecified atom stereocenters. The third kappa shape index (κ3) is 5.38. The molecule has 0 spiro atoms. The number of halogens is 1. The highest BCUT2D eigenvalue weighted by atomic mass is 19.1. The van der Waals surface area contributed by atoms with Gasteiger partial charge in [-0.15, -0.1) is 0 Å². The maximum atomic E-state index is 13.4. The number of methoxy groups -OCH3 is 1. The van der Waals surface area contributed by atoms with Crippen molar-refractivity contribution < 1.29 is 13.9 Å². The maximum absolute atomic E-state index is 13.4. The number of nitrogens with one attached hydrogen (secondary N) is 2. The number of hydrogen-bond acceptors (Lipinski definition) is 3. The molecule has 1 amide bonds. The van der Waals surface area contributed by atoms with Crippen LogP contribution in [0.25, 0.3) is 0 Å². The average molecular weight is 316 g/mol. The molecule has 0 aromatic heterocycles. The van der Waals surface area contributed by atoms with Crippen molar-refractivity contribution in [1.82, 2.24) is 10.6 Å². The minimum atomic E-state index is -0.304. The summed E-state index contributed by atoms with van der Waals surface area (Å²) in [6, 6.07) is 14.2. The van der Waals surface area contributed by atoms with Crippen molar-refractivity contribution in [1.29, 1.82) is 0 Å². The smallest absolute Gasteiger partial charge is 0.221 e. The highest BCUT2D eigenvalue weighted by molar-refractivity contribution is 5.76. The third-order valence-electron chi connectivity index (χ3n) is 3.47. The first-order valence-corrected chi connectivity index (χ1v) is 7.53. The van der Waals surface area contributed by atoms with Crippen molar-refractivity contribution in [2.45, 2.75) is 19.5 Å². The third-order valence-corrected chi connectivity index (χ3v) is 3.47. The Kier molecular flexibility index (Phi) is 6.56.